The van der Waals surface area contributed by atoms with Crippen LogP contribution in [0.2, 0.25) is 0 Å². The highest BCUT2D eigenvalue weighted by atomic mass is 16.6. The zero-order valence-electron chi connectivity index (χ0n) is 25.9. The second-order valence-corrected chi connectivity index (χ2v) is 9.21. The minimum atomic E-state index is -0.309. The Hall–Kier alpha value is -2.79. The van der Waals surface area contributed by atoms with Crippen LogP contribution in [0.1, 0.15) is 10.4 Å². The number of carbonyl (C=O) groups excluding carboxylic acids is 3. The molecule has 254 valence electrons. The maximum absolute atomic E-state index is 11.4. The average molecular weight is 642 g/mol. The number of hydrogen-bond donors (Lipinski definition) is 0. The van der Waals surface area contributed by atoms with Crippen molar-refractivity contribution < 1.29 is 61.8 Å². The van der Waals surface area contributed by atoms with E-state index < -0.39 is 0 Å². The number of ether oxygens (including phenoxy) is 10. The molecule has 14 heteroatoms. The number of imide groups is 1. The van der Waals surface area contributed by atoms with E-state index >= 15 is 0 Å². The summed E-state index contributed by atoms with van der Waals surface area (Å²) < 4.78 is 54.4. The number of carbonyl (C=O) groups is 3. The number of hydrogen-bond acceptors (Lipinski definition) is 13. The van der Waals surface area contributed by atoms with E-state index in [4.69, 9.17) is 47.4 Å². The molecule has 0 unspecified atom stereocenters. The highest BCUT2D eigenvalue weighted by Gasteiger charge is 2.22. The average Bonchev–Trinajstić information content (AvgIpc) is 3.38. The van der Waals surface area contributed by atoms with Crippen molar-refractivity contribution in [2.45, 2.75) is 0 Å². The summed E-state index contributed by atoms with van der Waals surface area (Å²) in [6.45, 7) is 8.77. The maximum atomic E-state index is 11.4. The molecule has 0 bridgehead atoms. The van der Waals surface area contributed by atoms with Crippen molar-refractivity contribution in [1.82, 2.24) is 4.90 Å². The molecule has 45 heavy (non-hydrogen) atoms. The molecule has 2 amide bonds. The number of amides is 2. The molecule has 1 aromatic carbocycles. The van der Waals surface area contributed by atoms with Crippen molar-refractivity contribution in [1.29, 1.82) is 0 Å². The Morgan fingerprint density at radius 2 is 0.756 bits per heavy atom. The molecule has 0 atom stereocenters. The first-order valence-corrected chi connectivity index (χ1v) is 15.1. The zero-order chi connectivity index (χ0) is 32.0. The van der Waals surface area contributed by atoms with Crippen LogP contribution in [-0.2, 0) is 52.2 Å². The Kier molecular flexibility index (Phi) is 23.5. The van der Waals surface area contributed by atoms with Gasteiger partial charge in [-0.1, -0.05) is 0 Å². The fourth-order valence-electron chi connectivity index (χ4n) is 3.53. The summed E-state index contributed by atoms with van der Waals surface area (Å²) in [5, 5.41) is 0. The summed E-state index contributed by atoms with van der Waals surface area (Å²) in [7, 11) is 0. The lowest BCUT2D eigenvalue weighted by atomic mass is 10.2. The fraction of sp³-hybridized carbons (Fsp3) is 0.645. The second-order valence-electron chi connectivity index (χ2n) is 9.21. The highest BCUT2D eigenvalue weighted by molar-refractivity contribution is 6.12. The van der Waals surface area contributed by atoms with E-state index in [0.29, 0.717) is 130 Å². The van der Waals surface area contributed by atoms with Gasteiger partial charge in [0, 0.05) is 17.7 Å². The van der Waals surface area contributed by atoms with Gasteiger partial charge >= 0.3 is 0 Å². The van der Waals surface area contributed by atoms with E-state index in [1.807, 2.05) is 0 Å². The van der Waals surface area contributed by atoms with Gasteiger partial charge in [-0.25, -0.2) is 0 Å². The smallest absolute Gasteiger partial charge is 0.253 e. The summed E-state index contributed by atoms with van der Waals surface area (Å²) in [6, 6.07) is 6.91. The molecule has 0 aliphatic carbocycles. The van der Waals surface area contributed by atoms with Gasteiger partial charge in [-0.05, 0) is 24.3 Å². The lowest BCUT2D eigenvalue weighted by molar-refractivity contribution is -0.137. The van der Waals surface area contributed by atoms with Crippen LogP contribution in [0.25, 0.3) is 0 Å². The largest absolute Gasteiger partial charge is 0.491 e. The quantitative estimate of drug-likeness (QED) is 0.0626. The van der Waals surface area contributed by atoms with Gasteiger partial charge in [0.15, 0.2) is 0 Å². The van der Waals surface area contributed by atoms with Crippen LogP contribution in [0.5, 0.6) is 5.75 Å². The molecule has 0 N–H and O–H groups in total. The number of benzene rings is 1. The molecular weight excluding hydrogens is 594 g/mol. The molecule has 1 aliphatic rings. The molecule has 14 nitrogen and oxygen atoms in total. The van der Waals surface area contributed by atoms with Crippen molar-refractivity contribution in [3.8, 4) is 5.75 Å². The topological polar surface area (TPSA) is 147 Å². The number of aldehydes is 1. The Morgan fingerprint density at radius 3 is 1.09 bits per heavy atom. The molecule has 1 aromatic rings. The molecule has 0 radical (unpaired) electrons. The van der Waals surface area contributed by atoms with Crippen molar-refractivity contribution in [2.75, 3.05) is 132 Å². The zero-order valence-corrected chi connectivity index (χ0v) is 25.9. The molecule has 0 spiro atoms. The molecule has 0 saturated carbocycles. The maximum Gasteiger partial charge on any atom is 0.253 e. The van der Waals surface area contributed by atoms with Gasteiger partial charge in [0.25, 0.3) is 11.8 Å². The molecule has 1 heterocycles. The third-order valence-corrected chi connectivity index (χ3v) is 5.85. The summed E-state index contributed by atoms with van der Waals surface area (Å²) in [6.07, 6.45) is 3.30. The van der Waals surface area contributed by atoms with Gasteiger partial charge in [-0.3, -0.25) is 19.3 Å². The highest BCUT2D eigenvalue weighted by Crippen LogP contribution is 2.10. The van der Waals surface area contributed by atoms with Crippen molar-refractivity contribution in [3.63, 3.8) is 0 Å². The predicted molar refractivity (Wildman–Crippen MR) is 161 cm³/mol. The van der Waals surface area contributed by atoms with Crippen LogP contribution >= 0.6 is 0 Å². The first kappa shape index (κ1) is 38.4. The van der Waals surface area contributed by atoms with E-state index in [0.717, 1.165) is 11.2 Å². The van der Waals surface area contributed by atoms with Crippen molar-refractivity contribution >= 4 is 18.1 Å². The van der Waals surface area contributed by atoms with Crippen LogP contribution in [0, 0.1) is 0 Å². The normalized spacial score (nSPS) is 12.8. The molecule has 0 fully saturated rings. The molecule has 2 rings (SSSR count). The third kappa shape index (κ3) is 20.8. The lowest BCUT2D eigenvalue weighted by Gasteiger charge is -2.13. The van der Waals surface area contributed by atoms with E-state index in [-0.39, 0.29) is 25.0 Å². The summed E-state index contributed by atoms with van der Waals surface area (Å²) in [5.41, 5.74) is 0.613. The van der Waals surface area contributed by atoms with E-state index in [1.54, 1.807) is 24.3 Å². The third-order valence-electron chi connectivity index (χ3n) is 5.85. The molecule has 1 aliphatic heterocycles. The minimum Gasteiger partial charge on any atom is -0.491 e. The van der Waals surface area contributed by atoms with Crippen molar-refractivity contribution in [2.24, 2.45) is 0 Å². The standard InChI is InChI=1S/C31H47NO13/c33-27-28-1-3-29(4-2-28)45-26-25-44-24-23-43-22-21-42-20-19-41-18-17-40-16-15-39-14-13-38-12-11-37-10-9-36-8-7-32-30(34)5-6-31(32)35/h1-6,27H,7-26H2. The monoisotopic (exact) mass is 641 g/mol. The molecule has 0 aromatic heterocycles. The minimum absolute atomic E-state index is 0.237. The van der Waals surface area contributed by atoms with Crippen LogP contribution in [-0.4, -0.2) is 155 Å². The summed E-state index contributed by atoms with van der Waals surface area (Å²) >= 11 is 0. The fourth-order valence-corrected chi connectivity index (χ4v) is 3.53. The van der Waals surface area contributed by atoms with Gasteiger partial charge in [0.2, 0.25) is 0 Å². The molecule has 0 saturated heterocycles. The Balaban J connectivity index is 1.16. The van der Waals surface area contributed by atoms with Crippen LogP contribution in [0.4, 0.5) is 0 Å². The van der Waals surface area contributed by atoms with Crippen LogP contribution in [0.15, 0.2) is 36.4 Å². The van der Waals surface area contributed by atoms with Gasteiger partial charge in [-0.2, -0.15) is 0 Å². The van der Waals surface area contributed by atoms with Crippen molar-refractivity contribution in [3.05, 3.63) is 42.0 Å². The Morgan fingerprint density at radius 1 is 0.444 bits per heavy atom. The van der Waals surface area contributed by atoms with E-state index in [9.17, 15) is 14.4 Å². The summed E-state index contributed by atoms with van der Waals surface area (Å²) in [4.78, 5) is 34.5. The Bertz CT molecular complexity index is 911. The van der Waals surface area contributed by atoms with E-state index in [2.05, 4.69) is 0 Å². The molecular formula is C31H47NO13. The number of nitrogens with zero attached hydrogens (tertiary/aromatic N) is 1. The van der Waals surface area contributed by atoms with Gasteiger partial charge < -0.3 is 47.4 Å². The first-order valence-electron chi connectivity index (χ1n) is 15.1. The lowest BCUT2D eigenvalue weighted by Crippen LogP contribution is -2.33. The second kappa shape index (κ2) is 27.5. The summed E-state index contributed by atoms with van der Waals surface area (Å²) in [5.74, 6) is 0.0794. The van der Waals surface area contributed by atoms with Gasteiger partial charge in [0.05, 0.1) is 125 Å². The van der Waals surface area contributed by atoms with Gasteiger partial charge in [0.1, 0.15) is 18.6 Å². The van der Waals surface area contributed by atoms with E-state index in [1.165, 1.54) is 12.2 Å². The van der Waals surface area contributed by atoms with Gasteiger partial charge in [-0.15, -0.1) is 0 Å². The number of rotatable bonds is 32. The van der Waals surface area contributed by atoms with Crippen LogP contribution < -0.4 is 4.74 Å². The van der Waals surface area contributed by atoms with Crippen LogP contribution in [0.3, 0.4) is 0 Å². The SMILES string of the molecule is O=Cc1ccc(OCCOCCOCCOCCOCCOCCOCCOCCOCCOCCN2C(=O)C=CC2=O)cc1. The Labute approximate surface area is 264 Å². The predicted octanol–water partition coefficient (Wildman–Crippen LogP) is 0.952. The first-order chi connectivity index (χ1) is 22.2.